The summed E-state index contributed by atoms with van der Waals surface area (Å²) < 4.78 is 0. The van der Waals surface area contributed by atoms with Gasteiger partial charge in [-0.2, -0.15) is 0 Å². The Morgan fingerprint density at radius 1 is 1.27 bits per heavy atom. The van der Waals surface area contributed by atoms with Crippen molar-refractivity contribution in [2.75, 3.05) is 7.05 Å². The summed E-state index contributed by atoms with van der Waals surface area (Å²) in [6.45, 7) is 9.34. The summed E-state index contributed by atoms with van der Waals surface area (Å²) in [6.07, 6.45) is 2.80. The van der Waals surface area contributed by atoms with Gasteiger partial charge in [0.25, 0.3) is 0 Å². The van der Waals surface area contributed by atoms with E-state index in [4.69, 9.17) is 0 Å². The van der Waals surface area contributed by atoms with Crippen molar-refractivity contribution in [1.82, 2.24) is 5.32 Å². The highest BCUT2D eigenvalue weighted by molar-refractivity contribution is 5.02. The SMILES string of the molecule is CNC(C(C)(C)C)C1(C)CC1. The molecule has 1 saturated carbocycles. The molecule has 1 atom stereocenters. The Hall–Kier alpha value is -0.0400. The van der Waals surface area contributed by atoms with Gasteiger partial charge in [-0.1, -0.05) is 27.7 Å². The van der Waals surface area contributed by atoms with Crippen molar-refractivity contribution in [3.63, 3.8) is 0 Å². The van der Waals surface area contributed by atoms with Crippen LogP contribution in [-0.4, -0.2) is 13.1 Å². The average Bonchev–Trinajstić information content (AvgIpc) is 2.45. The number of rotatable bonds is 2. The summed E-state index contributed by atoms with van der Waals surface area (Å²) in [5.41, 5.74) is 0.993. The van der Waals surface area contributed by atoms with Gasteiger partial charge in [-0.25, -0.2) is 0 Å². The van der Waals surface area contributed by atoms with E-state index < -0.39 is 0 Å². The lowest BCUT2D eigenvalue weighted by molar-refractivity contribution is 0.198. The quantitative estimate of drug-likeness (QED) is 0.645. The molecule has 0 amide bonds. The second kappa shape index (κ2) is 2.48. The molecule has 1 heteroatoms. The van der Waals surface area contributed by atoms with Crippen LogP contribution in [0.5, 0.6) is 0 Å². The number of hydrogen-bond acceptors (Lipinski definition) is 1. The van der Waals surface area contributed by atoms with Crippen LogP contribution in [-0.2, 0) is 0 Å². The maximum Gasteiger partial charge on any atom is 0.0166 e. The number of nitrogens with one attached hydrogen (secondary N) is 1. The molecule has 66 valence electrons. The molecule has 0 saturated heterocycles. The zero-order valence-corrected chi connectivity index (χ0v) is 8.49. The largest absolute Gasteiger partial charge is 0.316 e. The molecule has 0 aromatic rings. The third-order valence-corrected chi connectivity index (χ3v) is 2.89. The highest BCUT2D eigenvalue weighted by Gasteiger charge is 2.48. The molecular weight excluding hydrogens is 134 g/mol. The van der Waals surface area contributed by atoms with Crippen LogP contribution >= 0.6 is 0 Å². The van der Waals surface area contributed by atoms with Crippen LogP contribution in [0, 0.1) is 10.8 Å². The summed E-state index contributed by atoms with van der Waals surface area (Å²) in [4.78, 5) is 0. The van der Waals surface area contributed by atoms with E-state index in [2.05, 4.69) is 40.1 Å². The molecule has 0 aliphatic heterocycles. The number of hydrogen-bond donors (Lipinski definition) is 1. The van der Waals surface area contributed by atoms with Gasteiger partial charge in [0.1, 0.15) is 0 Å². The Kier molecular flexibility index (Phi) is 2.04. The predicted molar refractivity (Wildman–Crippen MR) is 49.6 cm³/mol. The first-order chi connectivity index (χ1) is 4.90. The third-order valence-electron chi connectivity index (χ3n) is 2.89. The van der Waals surface area contributed by atoms with Crippen LogP contribution in [0.15, 0.2) is 0 Å². The van der Waals surface area contributed by atoms with Crippen LogP contribution in [0.25, 0.3) is 0 Å². The molecule has 0 radical (unpaired) electrons. The molecule has 0 spiro atoms. The van der Waals surface area contributed by atoms with Crippen molar-refractivity contribution in [3.05, 3.63) is 0 Å². The van der Waals surface area contributed by atoms with Gasteiger partial charge >= 0.3 is 0 Å². The Labute approximate surface area is 70.6 Å². The van der Waals surface area contributed by atoms with Crippen molar-refractivity contribution in [3.8, 4) is 0 Å². The minimum Gasteiger partial charge on any atom is -0.316 e. The highest BCUT2D eigenvalue weighted by atomic mass is 14.9. The van der Waals surface area contributed by atoms with Gasteiger partial charge in [-0.05, 0) is 30.7 Å². The molecule has 1 aliphatic carbocycles. The molecule has 1 nitrogen and oxygen atoms in total. The van der Waals surface area contributed by atoms with Gasteiger partial charge in [-0.15, -0.1) is 0 Å². The Morgan fingerprint density at radius 2 is 1.73 bits per heavy atom. The monoisotopic (exact) mass is 155 g/mol. The fourth-order valence-corrected chi connectivity index (χ4v) is 2.31. The normalized spacial score (nSPS) is 24.8. The molecule has 1 fully saturated rings. The van der Waals surface area contributed by atoms with E-state index in [0.717, 1.165) is 0 Å². The molecular formula is C10H21N. The lowest BCUT2D eigenvalue weighted by atomic mass is 9.78. The van der Waals surface area contributed by atoms with Crippen molar-refractivity contribution >= 4 is 0 Å². The Balaban J connectivity index is 2.64. The minimum atomic E-state index is 0.403. The molecule has 1 unspecified atom stereocenters. The van der Waals surface area contributed by atoms with Gasteiger partial charge in [0, 0.05) is 6.04 Å². The minimum absolute atomic E-state index is 0.403. The maximum absolute atomic E-state index is 3.44. The molecule has 0 bridgehead atoms. The van der Waals surface area contributed by atoms with Crippen LogP contribution in [0.4, 0.5) is 0 Å². The molecule has 11 heavy (non-hydrogen) atoms. The maximum atomic E-state index is 3.44. The average molecular weight is 155 g/mol. The molecule has 0 heterocycles. The molecule has 1 aliphatic rings. The molecule has 1 N–H and O–H groups in total. The van der Waals surface area contributed by atoms with E-state index in [1.54, 1.807) is 0 Å². The second-order valence-electron chi connectivity index (χ2n) is 5.24. The zero-order chi connectivity index (χ0) is 8.70. The summed E-state index contributed by atoms with van der Waals surface area (Å²) in [5.74, 6) is 0. The molecule has 0 aromatic heterocycles. The van der Waals surface area contributed by atoms with Crippen LogP contribution in [0.2, 0.25) is 0 Å². The van der Waals surface area contributed by atoms with Gasteiger partial charge in [-0.3, -0.25) is 0 Å². The van der Waals surface area contributed by atoms with E-state index in [1.807, 2.05) is 0 Å². The van der Waals surface area contributed by atoms with Gasteiger partial charge in [0.2, 0.25) is 0 Å². The summed E-state index contributed by atoms with van der Waals surface area (Å²) >= 11 is 0. The van der Waals surface area contributed by atoms with Crippen LogP contribution < -0.4 is 5.32 Å². The Morgan fingerprint density at radius 3 is 1.82 bits per heavy atom. The fourth-order valence-electron chi connectivity index (χ4n) is 2.31. The third kappa shape index (κ3) is 1.76. The van der Waals surface area contributed by atoms with Crippen molar-refractivity contribution in [1.29, 1.82) is 0 Å². The summed E-state index contributed by atoms with van der Waals surface area (Å²) in [5, 5.41) is 3.44. The van der Waals surface area contributed by atoms with Crippen molar-refractivity contribution in [2.45, 2.75) is 46.6 Å². The van der Waals surface area contributed by atoms with E-state index >= 15 is 0 Å². The van der Waals surface area contributed by atoms with Crippen LogP contribution in [0.3, 0.4) is 0 Å². The van der Waals surface area contributed by atoms with Gasteiger partial charge < -0.3 is 5.32 Å². The van der Waals surface area contributed by atoms with E-state index in [0.29, 0.717) is 16.9 Å². The van der Waals surface area contributed by atoms with Gasteiger partial charge in [0.15, 0.2) is 0 Å². The zero-order valence-electron chi connectivity index (χ0n) is 8.49. The van der Waals surface area contributed by atoms with Crippen molar-refractivity contribution in [2.24, 2.45) is 10.8 Å². The molecule has 0 aromatic carbocycles. The Bertz CT molecular complexity index is 134. The van der Waals surface area contributed by atoms with Crippen molar-refractivity contribution < 1.29 is 0 Å². The first-order valence-electron chi connectivity index (χ1n) is 4.57. The smallest absolute Gasteiger partial charge is 0.0166 e. The van der Waals surface area contributed by atoms with Crippen LogP contribution in [0.1, 0.15) is 40.5 Å². The first kappa shape index (κ1) is 9.05. The lowest BCUT2D eigenvalue weighted by Gasteiger charge is -2.35. The van der Waals surface area contributed by atoms with E-state index in [1.165, 1.54) is 12.8 Å². The highest BCUT2D eigenvalue weighted by Crippen LogP contribution is 2.52. The first-order valence-corrected chi connectivity index (χ1v) is 4.57. The predicted octanol–water partition coefficient (Wildman–Crippen LogP) is 2.42. The molecule has 1 rings (SSSR count). The van der Waals surface area contributed by atoms with Gasteiger partial charge in [0.05, 0.1) is 0 Å². The second-order valence-corrected chi connectivity index (χ2v) is 5.24. The van der Waals surface area contributed by atoms with E-state index in [-0.39, 0.29) is 0 Å². The van der Waals surface area contributed by atoms with E-state index in [9.17, 15) is 0 Å². The standard InChI is InChI=1S/C10H21N/c1-9(2,3)8(11-5)10(4)6-7-10/h8,11H,6-7H2,1-5H3. The fraction of sp³-hybridized carbons (Fsp3) is 1.00. The summed E-state index contributed by atoms with van der Waals surface area (Å²) in [7, 11) is 2.08. The topological polar surface area (TPSA) is 12.0 Å². The summed E-state index contributed by atoms with van der Waals surface area (Å²) in [6, 6.07) is 0.676. The lowest BCUT2D eigenvalue weighted by Crippen LogP contribution is -2.44.